The summed E-state index contributed by atoms with van der Waals surface area (Å²) < 4.78 is 6.56. The van der Waals surface area contributed by atoms with Gasteiger partial charge in [-0.3, -0.25) is 4.79 Å². The van der Waals surface area contributed by atoms with E-state index in [0.29, 0.717) is 18.8 Å². The number of hydrogen-bond acceptors (Lipinski definition) is 4. The second-order valence-corrected chi connectivity index (χ2v) is 6.45. The molecule has 0 aromatic carbocycles. The number of rotatable bonds is 3. The molecule has 1 aromatic heterocycles. The van der Waals surface area contributed by atoms with Crippen LogP contribution in [0.5, 0.6) is 0 Å². The van der Waals surface area contributed by atoms with Gasteiger partial charge in [-0.2, -0.15) is 0 Å². The molecule has 0 spiro atoms. The van der Waals surface area contributed by atoms with Crippen LogP contribution in [0.25, 0.3) is 0 Å². The van der Waals surface area contributed by atoms with E-state index in [0.717, 1.165) is 9.50 Å². The van der Waals surface area contributed by atoms with Crippen LogP contribution in [0.2, 0.25) is 0 Å². The van der Waals surface area contributed by atoms with Crippen molar-refractivity contribution in [1.29, 1.82) is 0 Å². The number of halogens is 1. The minimum Gasteiger partial charge on any atom is -0.372 e. The Hall–Kier alpha value is -0.590. The van der Waals surface area contributed by atoms with E-state index in [1.54, 1.807) is 6.20 Å². The smallest absolute Gasteiger partial charge is 0.233 e. The molecule has 1 aliphatic heterocycles. The van der Waals surface area contributed by atoms with Gasteiger partial charge in [0, 0.05) is 23.8 Å². The van der Waals surface area contributed by atoms with E-state index in [9.17, 15) is 4.79 Å². The number of morpholine rings is 1. The topological polar surface area (TPSA) is 42.4 Å². The first-order valence-electron chi connectivity index (χ1n) is 6.23. The van der Waals surface area contributed by atoms with Crippen molar-refractivity contribution in [2.45, 2.75) is 31.1 Å². The molecule has 0 saturated carbocycles. The monoisotopic (exact) mass is 344 g/mol. The maximum absolute atomic E-state index is 12.2. The largest absolute Gasteiger partial charge is 0.372 e. The van der Waals surface area contributed by atoms with Crippen LogP contribution in [0, 0.1) is 0 Å². The number of carbonyl (C=O) groups excluding carboxylic acids is 1. The minimum atomic E-state index is 0.110. The number of aromatic nitrogens is 1. The molecule has 2 rings (SSSR count). The van der Waals surface area contributed by atoms with Gasteiger partial charge in [-0.25, -0.2) is 4.98 Å². The fourth-order valence-electron chi connectivity index (χ4n) is 2.08. The third kappa shape index (κ3) is 4.19. The van der Waals surface area contributed by atoms with E-state index < -0.39 is 0 Å². The van der Waals surface area contributed by atoms with Gasteiger partial charge in [0.1, 0.15) is 5.03 Å². The molecule has 1 amide bonds. The van der Waals surface area contributed by atoms with Gasteiger partial charge in [0.2, 0.25) is 5.91 Å². The molecule has 6 heteroatoms. The number of hydrogen-bond donors (Lipinski definition) is 0. The van der Waals surface area contributed by atoms with Crippen molar-refractivity contribution >= 4 is 33.6 Å². The Labute approximate surface area is 126 Å². The van der Waals surface area contributed by atoms with Gasteiger partial charge in [-0.05, 0) is 41.9 Å². The van der Waals surface area contributed by atoms with E-state index in [4.69, 9.17) is 4.74 Å². The number of nitrogens with zero attached hydrogens (tertiary/aromatic N) is 2. The standard InChI is InChI=1S/C13H17BrN2O2S/c1-9-6-16(7-10(2)18-9)12(17)8-19-13-11(14)4-3-5-15-13/h3-5,9-10H,6-8H2,1-2H3/t9-,10-/m1/s1. The first-order chi connectivity index (χ1) is 9.06. The van der Waals surface area contributed by atoms with Crippen molar-refractivity contribution in [2.24, 2.45) is 0 Å². The van der Waals surface area contributed by atoms with Gasteiger partial charge < -0.3 is 9.64 Å². The molecule has 0 unspecified atom stereocenters. The fourth-order valence-corrected chi connectivity index (χ4v) is 3.46. The van der Waals surface area contributed by atoms with Crippen LogP contribution in [0.15, 0.2) is 27.8 Å². The predicted octanol–water partition coefficient (Wildman–Crippen LogP) is 2.57. The number of ether oxygens (including phenoxy) is 1. The first-order valence-corrected chi connectivity index (χ1v) is 8.00. The number of thioether (sulfide) groups is 1. The Morgan fingerprint density at radius 2 is 2.21 bits per heavy atom. The molecule has 2 heterocycles. The number of amides is 1. The van der Waals surface area contributed by atoms with E-state index in [2.05, 4.69) is 20.9 Å². The Morgan fingerprint density at radius 1 is 1.53 bits per heavy atom. The van der Waals surface area contributed by atoms with Crippen LogP contribution in [0.4, 0.5) is 0 Å². The molecule has 4 nitrogen and oxygen atoms in total. The average molecular weight is 345 g/mol. The summed E-state index contributed by atoms with van der Waals surface area (Å²) in [6, 6.07) is 3.79. The Morgan fingerprint density at radius 3 is 2.84 bits per heavy atom. The van der Waals surface area contributed by atoms with Gasteiger partial charge in [-0.1, -0.05) is 11.8 Å². The van der Waals surface area contributed by atoms with Crippen molar-refractivity contribution in [2.75, 3.05) is 18.8 Å². The van der Waals surface area contributed by atoms with Crippen molar-refractivity contribution in [3.63, 3.8) is 0 Å². The molecular weight excluding hydrogens is 328 g/mol. The quantitative estimate of drug-likeness (QED) is 0.790. The highest BCUT2D eigenvalue weighted by Crippen LogP contribution is 2.25. The summed E-state index contributed by atoms with van der Waals surface area (Å²) in [6.07, 6.45) is 1.95. The average Bonchev–Trinajstić information content (AvgIpc) is 2.36. The van der Waals surface area contributed by atoms with Crippen LogP contribution in [0.1, 0.15) is 13.8 Å². The van der Waals surface area contributed by atoms with Crippen LogP contribution < -0.4 is 0 Å². The van der Waals surface area contributed by atoms with E-state index in [1.165, 1.54) is 11.8 Å². The Kier molecular flexibility index (Phi) is 5.24. The summed E-state index contributed by atoms with van der Waals surface area (Å²) in [5.74, 6) is 0.555. The molecular formula is C13H17BrN2O2S. The molecule has 0 bridgehead atoms. The zero-order valence-corrected chi connectivity index (χ0v) is 13.4. The second kappa shape index (κ2) is 6.72. The summed E-state index contributed by atoms with van der Waals surface area (Å²) in [4.78, 5) is 18.3. The Bertz CT molecular complexity index is 448. The number of pyridine rings is 1. The third-order valence-electron chi connectivity index (χ3n) is 2.83. The van der Waals surface area contributed by atoms with Gasteiger partial charge >= 0.3 is 0 Å². The van der Waals surface area contributed by atoms with Crippen molar-refractivity contribution in [3.8, 4) is 0 Å². The third-order valence-corrected chi connectivity index (χ3v) is 4.72. The van der Waals surface area contributed by atoms with Crippen LogP contribution >= 0.6 is 27.7 Å². The van der Waals surface area contributed by atoms with Crippen LogP contribution in [-0.2, 0) is 9.53 Å². The summed E-state index contributed by atoms with van der Waals surface area (Å²) >= 11 is 4.89. The van der Waals surface area contributed by atoms with Gasteiger partial charge in [0.05, 0.1) is 18.0 Å². The van der Waals surface area contributed by atoms with Crippen LogP contribution in [0.3, 0.4) is 0 Å². The molecule has 0 N–H and O–H groups in total. The highest BCUT2D eigenvalue weighted by molar-refractivity contribution is 9.10. The molecule has 1 aliphatic rings. The normalized spacial score (nSPS) is 23.4. The molecule has 0 radical (unpaired) electrons. The Balaban J connectivity index is 1.89. The SMILES string of the molecule is C[C@@H]1CN(C(=O)CSc2ncccc2Br)C[C@@H](C)O1. The highest BCUT2D eigenvalue weighted by atomic mass is 79.9. The molecule has 0 aliphatic carbocycles. The molecule has 104 valence electrons. The molecule has 1 saturated heterocycles. The fraction of sp³-hybridized carbons (Fsp3) is 0.538. The lowest BCUT2D eigenvalue weighted by atomic mass is 10.2. The second-order valence-electron chi connectivity index (χ2n) is 4.64. The highest BCUT2D eigenvalue weighted by Gasteiger charge is 2.25. The summed E-state index contributed by atoms with van der Waals surface area (Å²) in [5, 5.41) is 0.852. The van der Waals surface area contributed by atoms with Crippen molar-refractivity contribution in [1.82, 2.24) is 9.88 Å². The maximum atomic E-state index is 12.2. The van der Waals surface area contributed by atoms with Gasteiger partial charge in [0.25, 0.3) is 0 Å². The van der Waals surface area contributed by atoms with Crippen molar-refractivity contribution < 1.29 is 9.53 Å². The maximum Gasteiger partial charge on any atom is 0.233 e. The minimum absolute atomic E-state index is 0.110. The zero-order valence-electron chi connectivity index (χ0n) is 11.0. The van der Waals surface area contributed by atoms with Gasteiger partial charge in [0.15, 0.2) is 0 Å². The predicted molar refractivity (Wildman–Crippen MR) is 79.3 cm³/mol. The summed E-state index contributed by atoms with van der Waals surface area (Å²) in [5.41, 5.74) is 0. The van der Waals surface area contributed by atoms with E-state index >= 15 is 0 Å². The van der Waals surface area contributed by atoms with Crippen LogP contribution in [-0.4, -0.2) is 46.8 Å². The van der Waals surface area contributed by atoms with E-state index in [-0.39, 0.29) is 18.1 Å². The summed E-state index contributed by atoms with van der Waals surface area (Å²) in [6.45, 7) is 5.34. The first kappa shape index (κ1) is 14.8. The molecule has 2 atom stereocenters. The lowest BCUT2D eigenvalue weighted by Crippen LogP contribution is -2.48. The lowest BCUT2D eigenvalue weighted by Gasteiger charge is -2.35. The van der Waals surface area contributed by atoms with Gasteiger partial charge in [-0.15, -0.1) is 0 Å². The zero-order chi connectivity index (χ0) is 13.8. The summed E-state index contributed by atoms with van der Waals surface area (Å²) in [7, 11) is 0. The molecule has 1 aromatic rings. The lowest BCUT2D eigenvalue weighted by molar-refractivity contribution is -0.140. The number of carbonyl (C=O) groups is 1. The molecule has 19 heavy (non-hydrogen) atoms. The molecule has 1 fully saturated rings. The van der Waals surface area contributed by atoms with Crippen molar-refractivity contribution in [3.05, 3.63) is 22.8 Å². The van der Waals surface area contributed by atoms with E-state index in [1.807, 2.05) is 30.9 Å².